The number of aromatic nitrogens is 1. The van der Waals surface area contributed by atoms with Crippen molar-refractivity contribution < 1.29 is 23.8 Å². The summed E-state index contributed by atoms with van der Waals surface area (Å²) in [6.07, 6.45) is 2.23. The standard InChI is InChI=1S/C22H27N2O5P/c1-3-28-30(27,29-4-2)22(18-12-14-23-19-8-6-5-7-17(18)19)24-13-11-16-9-10-20(25)21(26)15-16/h5-10,12,14-15,22,24-26H,3-4,11,13H2,1-2H3/t22-/m0/s1. The number of para-hydroxylation sites is 1. The van der Waals surface area contributed by atoms with Crippen LogP contribution in [0.5, 0.6) is 11.5 Å². The van der Waals surface area contributed by atoms with E-state index >= 15 is 0 Å². The summed E-state index contributed by atoms with van der Waals surface area (Å²) in [7, 11) is -3.52. The zero-order valence-electron chi connectivity index (χ0n) is 17.1. The number of hydrogen-bond donors (Lipinski definition) is 3. The van der Waals surface area contributed by atoms with Crippen LogP contribution in [0.25, 0.3) is 10.9 Å². The molecule has 3 N–H and O–H groups in total. The smallest absolute Gasteiger partial charge is 0.351 e. The SMILES string of the molecule is CCOP(=O)(OCC)[C@H](NCCc1ccc(O)c(O)c1)c1ccnc2ccccc12. The number of benzene rings is 2. The molecule has 0 aliphatic heterocycles. The summed E-state index contributed by atoms with van der Waals surface area (Å²) in [5, 5.41) is 23.4. The molecule has 2 aromatic carbocycles. The lowest BCUT2D eigenvalue weighted by atomic mass is 10.1. The second-order valence-corrected chi connectivity index (χ2v) is 8.83. The average molecular weight is 430 g/mol. The van der Waals surface area contributed by atoms with Crippen molar-refractivity contribution in [3.8, 4) is 11.5 Å². The van der Waals surface area contributed by atoms with Crippen molar-refractivity contribution in [2.75, 3.05) is 19.8 Å². The van der Waals surface area contributed by atoms with Gasteiger partial charge in [0.1, 0.15) is 5.78 Å². The van der Waals surface area contributed by atoms with Gasteiger partial charge in [-0.05, 0) is 55.7 Å². The van der Waals surface area contributed by atoms with Crippen molar-refractivity contribution in [1.82, 2.24) is 10.3 Å². The average Bonchev–Trinajstić information content (AvgIpc) is 2.74. The van der Waals surface area contributed by atoms with E-state index in [4.69, 9.17) is 9.05 Å². The predicted octanol–water partition coefficient (Wildman–Crippen LogP) is 4.74. The van der Waals surface area contributed by atoms with E-state index in [1.54, 1.807) is 26.1 Å². The van der Waals surface area contributed by atoms with Gasteiger partial charge in [0.2, 0.25) is 0 Å². The van der Waals surface area contributed by atoms with Crippen molar-refractivity contribution in [1.29, 1.82) is 0 Å². The van der Waals surface area contributed by atoms with Gasteiger partial charge >= 0.3 is 7.60 Å². The summed E-state index contributed by atoms with van der Waals surface area (Å²) in [5.41, 5.74) is 2.42. The zero-order chi connectivity index (χ0) is 21.6. The summed E-state index contributed by atoms with van der Waals surface area (Å²) < 4.78 is 25.0. The lowest BCUT2D eigenvalue weighted by Crippen LogP contribution is -2.26. The third-order valence-corrected chi connectivity index (χ3v) is 7.03. The second-order valence-electron chi connectivity index (χ2n) is 6.72. The van der Waals surface area contributed by atoms with E-state index in [0.29, 0.717) is 13.0 Å². The second kappa shape index (κ2) is 10.0. The maximum Gasteiger partial charge on any atom is 0.351 e. The number of pyridine rings is 1. The Bertz CT molecular complexity index is 1030. The third kappa shape index (κ3) is 4.99. The van der Waals surface area contributed by atoms with Crippen molar-refractivity contribution in [3.05, 3.63) is 65.9 Å². The quantitative estimate of drug-likeness (QED) is 0.315. The van der Waals surface area contributed by atoms with Gasteiger partial charge in [-0.3, -0.25) is 14.9 Å². The molecule has 30 heavy (non-hydrogen) atoms. The summed E-state index contributed by atoms with van der Waals surface area (Å²) in [6.45, 7) is 4.53. The highest BCUT2D eigenvalue weighted by Crippen LogP contribution is 2.60. The molecule has 7 nitrogen and oxygen atoms in total. The van der Waals surface area contributed by atoms with Crippen LogP contribution in [-0.2, 0) is 20.0 Å². The van der Waals surface area contributed by atoms with Crippen LogP contribution in [0.1, 0.15) is 30.8 Å². The first-order valence-electron chi connectivity index (χ1n) is 9.95. The monoisotopic (exact) mass is 430 g/mol. The van der Waals surface area contributed by atoms with Gasteiger partial charge in [0.25, 0.3) is 0 Å². The Morgan fingerprint density at radius 2 is 1.77 bits per heavy atom. The Balaban J connectivity index is 1.92. The van der Waals surface area contributed by atoms with Crippen molar-refractivity contribution in [3.63, 3.8) is 0 Å². The number of nitrogens with zero attached hydrogens (tertiary/aromatic N) is 1. The topological polar surface area (TPSA) is 101 Å². The normalized spacial score (nSPS) is 12.9. The molecule has 0 bridgehead atoms. The largest absolute Gasteiger partial charge is 0.504 e. The molecule has 0 spiro atoms. The number of phenolic OH excluding ortho intramolecular Hbond substituents is 2. The number of hydrogen-bond acceptors (Lipinski definition) is 7. The van der Waals surface area contributed by atoms with Crippen LogP contribution in [0.4, 0.5) is 0 Å². The first-order valence-corrected chi connectivity index (χ1v) is 11.6. The van der Waals surface area contributed by atoms with Crippen LogP contribution in [-0.4, -0.2) is 35.0 Å². The highest BCUT2D eigenvalue weighted by atomic mass is 31.2. The molecule has 1 atom stereocenters. The van der Waals surface area contributed by atoms with E-state index in [2.05, 4.69) is 10.3 Å². The van der Waals surface area contributed by atoms with E-state index in [0.717, 1.165) is 22.0 Å². The Labute approximate surface area is 176 Å². The molecule has 0 radical (unpaired) electrons. The maximum atomic E-state index is 13.7. The van der Waals surface area contributed by atoms with Crippen LogP contribution in [0, 0.1) is 0 Å². The summed E-state index contributed by atoms with van der Waals surface area (Å²) in [6, 6.07) is 14.2. The van der Waals surface area contributed by atoms with E-state index < -0.39 is 13.4 Å². The molecule has 8 heteroatoms. The molecule has 1 heterocycles. The maximum absolute atomic E-state index is 13.7. The van der Waals surface area contributed by atoms with E-state index in [9.17, 15) is 14.8 Å². The van der Waals surface area contributed by atoms with Crippen LogP contribution in [0.15, 0.2) is 54.7 Å². The lowest BCUT2D eigenvalue weighted by molar-refractivity contribution is 0.207. The van der Waals surface area contributed by atoms with Crippen LogP contribution in [0.3, 0.4) is 0 Å². The molecule has 0 unspecified atom stereocenters. The Morgan fingerprint density at radius 3 is 2.47 bits per heavy atom. The molecule has 3 aromatic rings. The Morgan fingerprint density at radius 1 is 1.03 bits per heavy atom. The molecule has 0 aliphatic carbocycles. The molecule has 0 aliphatic rings. The number of fused-ring (bicyclic) bond motifs is 1. The van der Waals surface area contributed by atoms with Crippen molar-refractivity contribution >= 4 is 18.5 Å². The molecular formula is C22H27N2O5P. The fourth-order valence-corrected chi connectivity index (χ4v) is 5.38. The first kappa shape index (κ1) is 22.2. The van der Waals surface area contributed by atoms with E-state index in [-0.39, 0.29) is 24.7 Å². The highest BCUT2D eigenvalue weighted by Gasteiger charge is 2.37. The number of aromatic hydroxyl groups is 2. The minimum Gasteiger partial charge on any atom is -0.504 e. The summed E-state index contributed by atoms with van der Waals surface area (Å²) >= 11 is 0. The fourth-order valence-electron chi connectivity index (χ4n) is 3.37. The van der Waals surface area contributed by atoms with Gasteiger partial charge in [-0.15, -0.1) is 0 Å². The van der Waals surface area contributed by atoms with Gasteiger partial charge < -0.3 is 19.3 Å². The molecule has 0 saturated carbocycles. The van der Waals surface area contributed by atoms with Gasteiger partial charge in [0.05, 0.1) is 18.7 Å². The number of rotatable bonds is 10. The molecule has 0 fully saturated rings. The third-order valence-electron chi connectivity index (χ3n) is 4.70. The van der Waals surface area contributed by atoms with Gasteiger partial charge in [-0.2, -0.15) is 0 Å². The number of phenols is 2. The van der Waals surface area contributed by atoms with E-state index in [1.165, 1.54) is 12.1 Å². The van der Waals surface area contributed by atoms with Crippen molar-refractivity contribution in [2.24, 2.45) is 0 Å². The fraction of sp³-hybridized carbons (Fsp3) is 0.318. The van der Waals surface area contributed by atoms with Gasteiger partial charge in [-0.1, -0.05) is 24.3 Å². The number of nitrogens with one attached hydrogen (secondary N) is 1. The predicted molar refractivity (Wildman–Crippen MR) is 117 cm³/mol. The molecule has 0 amide bonds. The van der Waals surface area contributed by atoms with Crippen molar-refractivity contribution in [2.45, 2.75) is 26.1 Å². The highest BCUT2D eigenvalue weighted by molar-refractivity contribution is 7.54. The Kier molecular flexibility index (Phi) is 7.45. The minimum atomic E-state index is -3.52. The zero-order valence-corrected chi connectivity index (χ0v) is 18.0. The Hall–Kier alpha value is -2.44. The summed E-state index contributed by atoms with van der Waals surface area (Å²) in [5.74, 6) is -1.01. The van der Waals surface area contributed by atoms with Crippen LogP contribution < -0.4 is 5.32 Å². The van der Waals surface area contributed by atoms with E-state index in [1.807, 2.05) is 30.3 Å². The molecule has 1 aromatic heterocycles. The van der Waals surface area contributed by atoms with Gasteiger partial charge in [0, 0.05) is 18.1 Å². The molecular weight excluding hydrogens is 403 g/mol. The lowest BCUT2D eigenvalue weighted by Gasteiger charge is -2.28. The first-order chi connectivity index (χ1) is 14.5. The molecule has 0 saturated heterocycles. The van der Waals surface area contributed by atoms with Crippen LogP contribution in [0.2, 0.25) is 0 Å². The molecule has 3 rings (SSSR count). The van der Waals surface area contributed by atoms with Crippen LogP contribution >= 0.6 is 7.60 Å². The minimum absolute atomic E-state index is 0.162. The van der Waals surface area contributed by atoms with Gasteiger partial charge in [0.15, 0.2) is 11.5 Å². The molecule has 160 valence electrons. The summed E-state index contributed by atoms with van der Waals surface area (Å²) in [4.78, 5) is 4.39. The van der Waals surface area contributed by atoms with Gasteiger partial charge in [-0.25, -0.2) is 0 Å².